The van der Waals surface area contributed by atoms with E-state index < -0.39 is 0 Å². The van der Waals surface area contributed by atoms with Gasteiger partial charge in [-0.25, -0.2) is 0 Å². The van der Waals surface area contributed by atoms with Crippen molar-refractivity contribution in [3.8, 4) is 0 Å². The highest BCUT2D eigenvalue weighted by Crippen LogP contribution is 2.10. The van der Waals surface area contributed by atoms with Crippen LogP contribution in [0.3, 0.4) is 0 Å². The van der Waals surface area contributed by atoms with E-state index in [9.17, 15) is 0 Å². The molecule has 0 rings (SSSR count). The highest BCUT2D eigenvalue weighted by Gasteiger charge is 1.89. The summed E-state index contributed by atoms with van der Waals surface area (Å²) in [4.78, 5) is 0. The third-order valence-electron chi connectivity index (χ3n) is 4.78. The van der Waals surface area contributed by atoms with Crippen LogP contribution in [-0.2, 0) is 0 Å². The van der Waals surface area contributed by atoms with Gasteiger partial charge in [-0.1, -0.05) is 68.9 Å². The zero-order chi connectivity index (χ0) is 23.8. The van der Waals surface area contributed by atoms with Gasteiger partial charge in [-0.15, -0.1) is 0 Å². The van der Waals surface area contributed by atoms with Gasteiger partial charge < -0.3 is 0 Å². The second-order valence-electron chi connectivity index (χ2n) is 8.81. The van der Waals surface area contributed by atoms with E-state index in [0.717, 1.165) is 0 Å². The molecule has 0 unspecified atom stereocenters. The molecule has 0 atom stereocenters. The van der Waals surface area contributed by atoms with Gasteiger partial charge in [0.2, 0.25) is 0 Å². The van der Waals surface area contributed by atoms with E-state index in [2.05, 4.69) is 110 Å². The summed E-state index contributed by atoms with van der Waals surface area (Å²) < 4.78 is 0. The van der Waals surface area contributed by atoms with Crippen molar-refractivity contribution in [2.24, 2.45) is 0 Å². The van der Waals surface area contributed by atoms with Gasteiger partial charge in [-0.3, -0.25) is 0 Å². The summed E-state index contributed by atoms with van der Waals surface area (Å²) in [5.74, 6) is 0. The van der Waals surface area contributed by atoms with Crippen molar-refractivity contribution < 1.29 is 0 Å². The Hall–Kier alpha value is -1.56. The topological polar surface area (TPSA) is 0 Å². The van der Waals surface area contributed by atoms with E-state index in [1.807, 2.05) is 13.8 Å². The van der Waals surface area contributed by atoms with Gasteiger partial charge in [-0.05, 0) is 111 Å². The molecule has 28 heavy (non-hydrogen) atoms. The Morgan fingerprint density at radius 2 is 0.429 bits per heavy atom. The van der Waals surface area contributed by atoms with Crippen LogP contribution in [0.2, 0.25) is 0 Å². The van der Waals surface area contributed by atoms with Crippen molar-refractivity contribution in [3.63, 3.8) is 0 Å². The Bertz CT molecular complexity index is 510. The fourth-order valence-corrected chi connectivity index (χ4v) is 0.854. The molecule has 0 bridgehead atoms. The van der Waals surface area contributed by atoms with Crippen LogP contribution >= 0.6 is 0 Å². The Morgan fingerprint density at radius 3 is 0.429 bits per heavy atom. The molecule has 0 nitrogen and oxygen atoms in total. The molecule has 0 heterocycles. The van der Waals surface area contributed by atoms with E-state index in [0.29, 0.717) is 0 Å². The summed E-state index contributed by atoms with van der Waals surface area (Å²) >= 11 is 0. The van der Waals surface area contributed by atoms with E-state index in [-0.39, 0.29) is 0 Å². The zero-order valence-electron chi connectivity index (χ0n) is 22.4. The molecule has 0 aromatic heterocycles. The highest BCUT2D eigenvalue weighted by atomic mass is 14.0. The Kier molecular flexibility index (Phi) is 22.8. The molecule has 164 valence electrons. The maximum atomic E-state index is 3.82. The van der Waals surface area contributed by atoms with E-state index >= 15 is 0 Å². The molecule has 0 heteroatoms. The van der Waals surface area contributed by atoms with Gasteiger partial charge >= 0.3 is 0 Å². The first-order valence-electron chi connectivity index (χ1n) is 10.2. The SMILES string of the molecule is C=C(C)C(C)=C(C)C.C=C(C)C(C)=C(C)C.CC(C)=C(C)C.CC(C)=C(C)C. The summed E-state index contributed by atoms with van der Waals surface area (Å²) in [5, 5.41) is 0. The average molecular weight is 389 g/mol. The van der Waals surface area contributed by atoms with Gasteiger partial charge in [0.15, 0.2) is 0 Å². The standard InChI is InChI=1S/2C8H14.2C6H12/c2*1-6(2)8(5)7(3)4;2*1-5(2)6(3)4/h2*1H2,2-5H3;2*1-4H3. The normalized spacial score (nSPS) is 8.29. The van der Waals surface area contributed by atoms with Gasteiger partial charge in [0.25, 0.3) is 0 Å². The lowest BCUT2D eigenvalue weighted by Gasteiger charge is -1.99. The maximum absolute atomic E-state index is 3.82. The first kappa shape index (κ1) is 34.0. The number of hydrogen-bond acceptors (Lipinski definition) is 0. The number of allylic oxidation sites excluding steroid dienone is 10. The van der Waals surface area contributed by atoms with Crippen LogP contribution in [0.4, 0.5) is 0 Å². The van der Waals surface area contributed by atoms with Crippen LogP contribution in [0.1, 0.15) is 111 Å². The lowest BCUT2D eigenvalue weighted by Crippen LogP contribution is -1.78. The lowest BCUT2D eigenvalue weighted by molar-refractivity contribution is 1.23. The van der Waals surface area contributed by atoms with Crippen LogP contribution in [0.5, 0.6) is 0 Å². The van der Waals surface area contributed by atoms with Gasteiger partial charge in [-0.2, -0.15) is 0 Å². The predicted octanol–water partition coefficient (Wildman–Crippen LogP) is 10.6. The van der Waals surface area contributed by atoms with E-state index in [4.69, 9.17) is 0 Å². The Balaban J connectivity index is -0.000000139. The molecule has 0 saturated carbocycles. The minimum atomic E-state index is 1.17. The molecule has 0 aliphatic heterocycles. The lowest BCUT2D eigenvalue weighted by atomic mass is 10.1. The van der Waals surface area contributed by atoms with Crippen LogP contribution in [-0.4, -0.2) is 0 Å². The maximum Gasteiger partial charge on any atom is -0.0396 e. The minimum Gasteiger partial charge on any atom is -0.0959 e. The molecule has 0 N–H and O–H groups in total. The monoisotopic (exact) mass is 388 g/mol. The third kappa shape index (κ3) is 26.7. The van der Waals surface area contributed by atoms with Crippen molar-refractivity contribution in [2.75, 3.05) is 0 Å². The number of rotatable bonds is 2. The van der Waals surface area contributed by atoms with Crippen molar-refractivity contribution in [2.45, 2.75) is 111 Å². The molecule has 0 radical (unpaired) electrons. The first-order chi connectivity index (χ1) is 12.4. The smallest absolute Gasteiger partial charge is 0.0396 e. The van der Waals surface area contributed by atoms with Gasteiger partial charge in [0, 0.05) is 0 Å². The largest absolute Gasteiger partial charge is 0.0959 e. The van der Waals surface area contributed by atoms with Crippen LogP contribution in [0.15, 0.2) is 68.9 Å². The van der Waals surface area contributed by atoms with E-state index in [1.165, 1.54) is 55.7 Å². The molecule has 0 amide bonds. The molecule has 0 fully saturated rings. The fraction of sp³-hybridized carbons (Fsp3) is 0.571. The van der Waals surface area contributed by atoms with E-state index in [1.54, 1.807) is 0 Å². The van der Waals surface area contributed by atoms with Gasteiger partial charge in [0.05, 0.1) is 0 Å². The summed E-state index contributed by atoms with van der Waals surface area (Å²) in [6, 6.07) is 0. The molecule has 0 aromatic rings. The van der Waals surface area contributed by atoms with Crippen molar-refractivity contribution >= 4 is 0 Å². The zero-order valence-corrected chi connectivity index (χ0v) is 22.4. The Labute approximate surface area is 179 Å². The van der Waals surface area contributed by atoms with Crippen LogP contribution in [0.25, 0.3) is 0 Å². The third-order valence-corrected chi connectivity index (χ3v) is 4.78. The van der Waals surface area contributed by atoms with Crippen molar-refractivity contribution in [3.05, 3.63) is 68.9 Å². The van der Waals surface area contributed by atoms with Crippen LogP contribution < -0.4 is 0 Å². The fourth-order valence-electron chi connectivity index (χ4n) is 0.854. The molecule has 0 aromatic carbocycles. The highest BCUT2D eigenvalue weighted by molar-refractivity contribution is 5.28. The van der Waals surface area contributed by atoms with Crippen molar-refractivity contribution in [1.29, 1.82) is 0 Å². The second-order valence-corrected chi connectivity index (χ2v) is 8.81. The summed E-state index contributed by atoms with van der Waals surface area (Å²) in [5.41, 5.74) is 13.4. The summed E-state index contributed by atoms with van der Waals surface area (Å²) in [6.45, 7) is 41.3. The van der Waals surface area contributed by atoms with Crippen LogP contribution in [0, 0.1) is 0 Å². The summed E-state index contributed by atoms with van der Waals surface area (Å²) in [6.07, 6.45) is 0. The Morgan fingerprint density at radius 1 is 0.286 bits per heavy atom. The van der Waals surface area contributed by atoms with Crippen molar-refractivity contribution in [1.82, 2.24) is 0 Å². The molecular weight excluding hydrogens is 336 g/mol. The average Bonchev–Trinajstić information content (AvgIpc) is 2.54. The molecule has 0 spiro atoms. The summed E-state index contributed by atoms with van der Waals surface area (Å²) in [7, 11) is 0. The molecule has 0 aliphatic rings. The quantitative estimate of drug-likeness (QED) is 0.326. The number of hydrogen-bond donors (Lipinski definition) is 0. The van der Waals surface area contributed by atoms with Gasteiger partial charge in [0.1, 0.15) is 0 Å². The second kappa shape index (κ2) is 18.8. The minimum absolute atomic E-state index is 1.17. The molecular formula is C28H52. The predicted molar refractivity (Wildman–Crippen MR) is 137 cm³/mol. The molecule has 0 aliphatic carbocycles. The first-order valence-corrected chi connectivity index (χ1v) is 10.2. The molecule has 0 saturated heterocycles.